The lowest BCUT2D eigenvalue weighted by Gasteiger charge is -2.08. The molecule has 76 valence electrons. The van der Waals surface area contributed by atoms with Crippen LogP contribution in [0.1, 0.15) is 31.7 Å². The lowest BCUT2D eigenvalue weighted by Crippen LogP contribution is -2.09. The fraction of sp³-hybridized carbons (Fsp3) is 0.538. The Labute approximate surface area is 85.8 Å². The lowest BCUT2D eigenvalue weighted by atomic mass is 10.0. The fourth-order valence-corrected chi connectivity index (χ4v) is 2.06. The molecule has 1 nitrogen and oxygen atoms in total. The van der Waals surface area contributed by atoms with Gasteiger partial charge < -0.3 is 5.11 Å². The van der Waals surface area contributed by atoms with Crippen LogP contribution >= 0.6 is 0 Å². The molecule has 0 saturated heterocycles. The third kappa shape index (κ3) is 2.16. The van der Waals surface area contributed by atoms with Crippen LogP contribution in [0.4, 0.5) is 0 Å². The van der Waals surface area contributed by atoms with Gasteiger partial charge in [-0.2, -0.15) is 0 Å². The first-order chi connectivity index (χ1) is 6.71. The molecule has 1 saturated carbocycles. The monoisotopic (exact) mass is 190 g/mol. The molecule has 14 heavy (non-hydrogen) atoms. The van der Waals surface area contributed by atoms with Crippen LogP contribution in [-0.4, -0.2) is 10.7 Å². The van der Waals surface area contributed by atoms with Gasteiger partial charge in [-0.15, -0.1) is 0 Å². The van der Waals surface area contributed by atoms with Gasteiger partial charge in [0.05, 0.1) is 5.60 Å². The van der Waals surface area contributed by atoms with Crippen molar-refractivity contribution in [3.8, 4) is 0 Å². The van der Waals surface area contributed by atoms with Crippen LogP contribution in [0.25, 0.3) is 0 Å². The van der Waals surface area contributed by atoms with Crippen molar-refractivity contribution in [2.45, 2.75) is 38.2 Å². The second-order valence-electron chi connectivity index (χ2n) is 4.55. The third-order valence-electron chi connectivity index (χ3n) is 3.33. The molecule has 1 N–H and O–H groups in total. The number of aryl methyl sites for hydroxylation is 1. The number of benzene rings is 1. The average Bonchev–Trinajstić information content (AvgIpc) is 2.76. The van der Waals surface area contributed by atoms with Gasteiger partial charge in [0.2, 0.25) is 0 Å². The van der Waals surface area contributed by atoms with E-state index in [0.29, 0.717) is 5.92 Å². The van der Waals surface area contributed by atoms with Gasteiger partial charge in [0.1, 0.15) is 0 Å². The van der Waals surface area contributed by atoms with Crippen molar-refractivity contribution in [1.82, 2.24) is 0 Å². The predicted molar refractivity (Wildman–Crippen MR) is 58.1 cm³/mol. The summed E-state index contributed by atoms with van der Waals surface area (Å²) in [4.78, 5) is 0. The predicted octanol–water partition coefficient (Wildman–Crippen LogP) is 2.78. The summed E-state index contributed by atoms with van der Waals surface area (Å²) < 4.78 is 0. The van der Waals surface area contributed by atoms with E-state index in [1.807, 2.05) is 6.07 Å². The molecule has 1 aliphatic carbocycles. The smallest absolute Gasteiger partial charge is 0.0678 e. The summed E-state index contributed by atoms with van der Waals surface area (Å²) in [5.41, 5.74) is 1.07. The highest BCUT2D eigenvalue weighted by Gasteiger charge is 2.48. The van der Waals surface area contributed by atoms with Gasteiger partial charge in [0.25, 0.3) is 0 Å². The summed E-state index contributed by atoms with van der Waals surface area (Å²) in [6, 6.07) is 10.5. The van der Waals surface area contributed by atoms with Gasteiger partial charge in [-0.25, -0.2) is 0 Å². The van der Waals surface area contributed by atoms with Crippen LogP contribution in [-0.2, 0) is 6.42 Å². The van der Waals surface area contributed by atoms with E-state index >= 15 is 0 Å². The zero-order valence-corrected chi connectivity index (χ0v) is 8.74. The van der Waals surface area contributed by atoms with Gasteiger partial charge >= 0.3 is 0 Å². The van der Waals surface area contributed by atoms with Crippen LogP contribution in [0, 0.1) is 5.92 Å². The van der Waals surface area contributed by atoms with E-state index in [-0.39, 0.29) is 5.60 Å². The molecule has 2 atom stereocenters. The molecular formula is C13H18O. The molecule has 1 fully saturated rings. The van der Waals surface area contributed by atoms with Crippen molar-refractivity contribution < 1.29 is 5.11 Å². The van der Waals surface area contributed by atoms with Crippen molar-refractivity contribution in [2.24, 2.45) is 5.92 Å². The molecule has 1 aromatic rings. The molecule has 0 aliphatic heterocycles. The Hall–Kier alpha value is -0.820. The van der Waals surface area contributed by atoms with Gasteiger partial charge in [0, 0.05) is 0 Å². The Kier molecular flexibility index (Phi) is 2.60. The average molecular weight is 190 g/mol. The van der Waals surface area contributed by atoms with E-state index < -0.39 is 0 Å². The van der Waals surface area contributed by atoms with Crippen molar-refractivity contribution >= 4 is 0 Å². The van der Waals surface area contributed by atoms with E-state index in [0.717, 1.165) is 25.7 Å². The van der Waals surface area contributed by atoms with Gasteiger partial charge in [-0.3, -0.25) is 0 Å². The molecule has 0 heterocycles. The van der Waals surface area contributed by atoms with Crippen LogP contribution < -0.4 is 0 Å². The van der Waals surface area contributed by atoms with Crippen molar-refractivity contribution in [2.75, 3.05) is 0 Å². The molecule has 0 bridgehead atoms. The first-order valence-corrected chi connectivity index (χ1v) is 5.47. The number of hydrogen-bond donors (Lipinski definition) is 1. The van der Waals surface area contributed by atoms with Crippen LogP contribution in [0.3, 0.4) is 0 Å². The Morgan fingerprint density at radius 1 is 1.36 bits per heavy atom. The SMILES string of the molecule is CC1CC1(O)CCCc1ccccc1. The molecule has 0 radical (unpaired) electrons. The second-order valence-corrected chi connectivity index (χ2v) is 4.55. The summed E-state index contributed by atoms with van der Waals surface area (Å²) in [6.45, 7) is 2.13. The number of rotatable bonds is 4. The Bertz CT molecular complexity index is 293. The minimum atomic E-state index is -0.311. The van der Waals surface area contributed by atoms with Crippen LogP contribution in [0.5, 0.6) is 0 Å². The molecule has 0 spiro atoms. The van der Waals surface area contributed by atoms with E-state index in [4.69, 9.17) is 0 Å². The van der Waals surface area contributed by atoms with Gasteiger partial charge in [-0.05, 0) is 37.2 Å². The summed E-state index contributed by atoms with van der Waals surface area (Å²) in [6.07, 6.45) is 4.16. The quantitative estimate of drug-likeness (QED) is 0.774. The summed E-state index contributed by atoms with van der Waals surface area (Å²) in [5.74, 6) is 0.526. The van der Waals surface area contributed by atoms with Crippen LogP contribution in [0.15, 0.2) is 30.3 Å². The third-order valence-corrected chi connectivity index (χ3v) is 3.33. The van der Waals surface area contributed by atoms with Crippen molar-refractivity contribution in [1.29, 1.82) is 0 Å². The molecule has 1 aromatic carbocycles. The first kappa shape index (κ1) is 9.72. The van der Waals surface area contributed by atoms with E-state index in [1.165, 1.54) is 5.56 Å². The standard InChI is InChI=1S/C13H18O/c1-11-10-13(11,14)9-5-8-12-6-3-2-4-7-12/h2-4,6-7,11,14H,5,8-10H2,1H3. The Morgan fingerprint density at radius 3 is 2.57 bits per heavy atom. The van der Waals surface area contributed by atoms with Gasteiger partial charge in [0.15, 0.2) is 0 Å². The maximum Gasteiger partial charge on any atom is 0.0678 e. The highest BCUT2D eigenvalue weighted by atomic mass is 16.3. The Morgan fingerprint density at radius 2 is 2.00 bits per heavy atom. The highest BCUT2D eigenvalue weighted by molar-refractivity contribution is 5.14. The molecule has 0 aromatic heterocycles. The molecule has 1 aliphatic rings. The molecule has 1 heteroatoms. The van der Waals surface area contributed by atoms with Crippen molar-refractivity contribution in [3.05, 3.63) is 35.9 Å². The van der Waals surface area contributed by atoms with Crippen LogP contribution in [0.2, 0.25) is 0 Å². The molecule has 2 unspecified atom stereocenters. The molecule has 2 rings (SSSR count). The Balaban J connectivity index is 1.74. The topological polar surface area (TPSA) is 20.2 Å². The fourth-order valence-electron chi connectivity index (χ4n) is 2.06. The molecule has 0 amide bonds. The normalized spacial score (nSPS) is 30.3. The first-order valence-electron chi connectivity index (χ1n) is 5.47. The molecular weight excluding hydrogens is 172 g/mol. The van der Waals surface area contributed by atoms with E-state index in [2.05, 4.69) is 31.2 Å². The number of hydrogen-bond acceptors (Lipinski definition) is 1. The highest BCUT2D eigenvalue weighted by Crippen LogP contribution is 2.46. The minimum absolute atomic E-state index is 0.311. The maximum atomic E-state index is 9.88. The summed E-state index contributed by atoms with van der Waals surface area (Å²) in [7, 11) is 0. The lowest BCUT2D eigenvalue weighted by molar-refractivity contribution is 0.122. The van der Waals surface area contributed by atoms with Gasteiger partial charge in [-0.1, -0.05) is 37.3 Å². The zero-order chi connectivity index (χ0) is 10.0. The number of aliphatic hydroxyl groups is 1. The maximum absolute atomic E-state index is 9.88. The summed E-state index contributed by atoms with van der Waals surface area (Å²) >= 11 is 0. The largest absolute Gasteiger partial charge is 0.390 e. The zero-order valence-electron chi connectivity index (χ0n) is 8.74. The minimum Gasteiger partial charge on any atom is -0.390 e. The van der Waals surface area contributed by atoms with E-state index in [9.17, 15) is 5.11 Å². The van der Waals surface area contributed by atoms with E-state index in [1.54, 1.807) is 0 Å². The summed E-state index contributed by atoms with van der Waals surface area (Å²) in [5, 5.41) is 9.88. The van der Waals surface area contributed by atoms with Crippen molar-refractivity contribution in [3.63, 3.8) is 0 Å². The second kappa shape index (κ2) is 3.74.